The second-order valence-corrected chi connectivity index (χ2v) is 10.0. The Morgan fingerprint density at radius 3 is 2.05 bits per heavy atom. The van der Waals surface area contributed by atoms with E-state index in [0.29, 0.717) is 22.9 Å². The van der Waals surface area contributed by atoms with Crippen molar-refractivity contribution in [2.75, 3.05) is 25.1 Å². The fraction of sp³-hybridized carbons (Fsp3) is 0.621. The van der Waals surface area contributed by atoms with Crippen LogP contribution in [0.15, 0.2) is 30.0 Å². The van der Waals surface area contributed by atoms with Crippen LogP contribution < -0.4 is 5.32 Å². The van der Waals surface area contributed by atoms with Gasteiger partial charge in [0.05, 0.1) is 36.0 Å². The normalized spacial score (nSPS) is 13.3. The summed E-state index contributed by atoms with van der Waals surface area (Å²) in [6, 6.07) is 4.61. The van der Waals surface area contributed by atoms with Crippen LogP contribution in [0.5, 0.6) is 0 Å². The number of anilines is 1. The molecule has 1 aliphatic rings. The van der Waals surface area contributed by atoms with Crippen molar-refractivity contribution in [3.05, 3.63) is 40.6 Å². The molecule has 206 valence electrons. The number of carbonyl (C=O) groups excluding carboxylic acids is 3. The number of nitrogens with zero attached hydrogens (tertiary/aromatic N) is 1. The summed E-state index contributed by atoms with van der Waals surface area (Å²) < 4.78 is 5.41. The number of amides is 2. The van der Waals surface area contributed by atoms with Crippen LogP contribution in [0, 0.1) is 0 Å². The zero-order chi connectivity index (χ0) is 26.9. The molecule has 0 saturated heterocycles. The molecule has 0 atom stereocenters. The highest BCUT2D eigenvalue weighted by atomic mass is 35.5. The molecule has 0 aliphatic carbocycles. The third-order valence-electron chi connectivity index (χ3n) is 6.54. The van der Waals surface area contributed by atoms with Gasteiger partial charge in [0, 0.05) is 6.08 Å². The molecular weight excluding hydrogens is 492 g/mol. The molecule has 8 heteroatoms. The second-order valence-electron chi connectivity index (χ2n) is 9.63. The minimum Gasteiger partial charge on any atom is -0.462 e. The van der Waals surface area contributed by atoms with Gasteiger partial charge in [-0.1, -0.05) is 102 Å². The van der Waals surface area contributed by atoms with Gasteiger partial charge in [-0.15, -0.1) is 0 Å². The minimum atomic E-state index is -0.555. The number of aliphatic hydroxyl groups is 1. The van der Waals surface area contributed by atoms with Crippen molar-refractivity contribution in [2.24, 2.45) is 0 Å². The zero-order valence-electron chi connectivity index (χ0n) is 22.2. The largest absolute Gasteiger partial charge is 0.462 e. The first-order valence-electron chi connectivity index (χ1n) is 13.9. The Balaban J connectivity index is 1.60. The van der Waals surface area contributed by atoms with E-state index in [0.717, 1.165) is 30.2 Å². The average Bonchev–Trinajstić information content (AvgIpc) is 3.15. The van der Waals surface area contributed by atoms with Crippen molar-refractivity contribution in [3.63, 3.8) is 0 Å². The van der Waals surface area contributed by atoms with Crippen molar-refractivity contribution in [3.8, 4) is 0 Å². The maximum Gasteiger partial charge on any atom is 0.338 e. The van der Waals surface area contributed by atoms with Gasteiger partial charge in [-0.3, -0.25) is 14.5 Å². The summed E-state index contributed by atoms with van der Waals surface area (Å²) in [5.41, 5.74) is 0.668. The molecule has 7 nitrogen and oxygen atoms in total. The van der Waals surface area contributed by atoms with Crippen molar-refractivity contribution < 1.29 is 24.2 Å². The number of carbonyl (C=O) groups is 3. The van der Waals surface area contributed by atoms with Crippen LogP contribution in [0.3, 0.4) is 0 Å². The molecule has 0 unspecified atom stereocenters. The molecule has 1 heterocycles. The molecule has 2 N–H and O–H groups in total. The monoisotopic (exact) mass is 534 g/mol. The van der Waals surface area contributed by atoms with Gasteiger partial charge in [0.25, 0.3) is 11.8 Å². The van der Waals surface area contributed by atoms with Gasteiger partial charge in [0.1, 0.15) is 5.70 Å². The van der Waals surface area contributed by atoms with Crippen molar-refractivity contribution in [2.45, 2.75) is 96.8 Å². The number of β-amino-alcohol motifs (C(OH)–C–C–N with tert-alkyl or cyclic N) is 1. The molecule has 1 aliphatic heterocycles. The Morgan fingerprint density at radius 2 is 1.49 bits per heavy atom. The zero-order valence-corrected chi connectivity index (χ0v) is 23.0. The van der Waals surface area contributed by atoms with Crippen LogP contribution in [0.1, 0.15) is 107 Å². The molecule has 1 aromatic carbocycles. The third-order valence-corrected chi connectivity index (χ3v) is 6.87. The molecule has 0 spiro atoms. The number of imide groups is 1. The molecule has 0 saturated carbocycles. The number of rotatable bonds is 20. The van der Waals surface area contributed by atoms with Crippen LogP contribution in [0.25, 0.3) is 0 Å². The lowest BCUT2D eigenvalue weighted by Gasteiger charge is -2.14. The SMILES string of the molecule is CCCCCCCCCCCCCCCCOC(=O)c1ccc(Cl)c(NC2=CC(=O)N(CCO)C2=O)c1. The smallest absolute Gasteiger partial charge is 0.338 e. The van der Waals surface area contributed by atoms with Gasteiger partial charge < -0.3 is 15.2 Å². The molecule has 0 aromatic heterocycles. The Kier molecular flexibility index (Phi) is 15.0. The lowest BCUT2D eigenvalue weighted by molar-refractivity contribution is -0.137. The van der Waals surface area contributed by atoms with Crippen LogP contribution >= 0.6 is 11.6 Å². The molecule has 37 heavy (non-hydrogen) atoms. The Morgan fingerprint density at radius 1 is 0.919 bits per heavy atom. The van der Waals surface area contributed by atoms with Crippen LogP contribution in [-0.4, -0.2) is 47.5 Å². The van der Waals surface area contributed by atoms with Crippen LogP contribution in [0.4, 0.5) is 5.69 Å². The molecule has 1 aromatic rings. The van der Waals surface area contributed by atoms with Gasteiger partial charge >= 0.3 is 5.97 Å². The standard InChI is InChI=1S/C29H43ClN2O5/c1-2-3-4-5-6-7-8-9-10-11-12-13-14-15-20-37-29(36)23-16-17-24(30)25(21-23)31-26-22-27(34)32(18-19-33)28(26)35/h16-17,21-22,31,33H,2-15,18-20H2,1H3. The Labute approximate surface area is 226 Å². The van der Waals surface area contributed by atoms with Crippen molar-refractivity contribution in [1.82, 2.24) is 4.90 Å². The summed E-state index contributed by atoms with van der Waals surface area (Å²) in [6.45, 7) is 2.21. The molecular formula is C29H43ClN2O5. The molecule has 0 bridgehead atoms. The summed E-state index contributed by atoms with van der Waals surface area (Å²) in [5, 5.41) is 12.1. The van der Waals surface area contributed by atoms with E-state index >= 15 is 0 Å². The predicted octanol–water partition coefficient (Wildman–Crippen LogP) is 6.64. The predicted molar refractivity (Wildman–Crippen MR) is 148 cm³/mol. The number of hydrogen-bond donors (Lipinski definition) is 2. The summed E-state index contributed by atoms with van der Waals surface area (Å²) in [5.74, 6) is -1.53. The molecule has 2 rings (SSSR count). The average molecular weight is 535 g/mol. The topological polar surface area (TPSA) is 95.9 Å². The summed E-state index contributed by atoms with van der Waals surface area (Å²) in [7, 11) is 0. The maximum absolute atomic E-state index is 12.5. The van der Waals surface area contributed by atoms with E-state index in [2.05, 4.69) is 12.2 Å². The van der Waals surface area contributed by atoms with Gasteiger partial charge in [-0.2, -0.15) is 0 Å². The number of nitrogens with one attached hydrogen (secondary N) is 1. The first kappa shape index (κ1) is 30.8. The quantitative estimate of drug-likeness (QED) is 0.111. The lowest BCUT2D eigenvalue weighted by atomic mass is 10.0. The summed E-state index contributed by atoms with van der Waals surface area (Å²) in [6.07, 6.45) is 18.9. The Bertz CT molecular complexity index is 902. The fourth-order valence-corrected chi connectivity index (χ4v) is 4.51. The third kappa shape index (κ3) is 11.3. The number of halogens is 1. The van der Waals surface area contributed by atoms with E-state index in [1.165, 1.54) is 76.7 Å². The summed E-state index contributed by atoms with van der Waals surface area (Å²) >= 11 is 6.22. The van der Waals surface area contributed by atoms with Crippen LogP contribution in [0.2, 0.25) is 5.02 Å². The van der Waals surface area contributed by atoms with Crippen molar-refractivity contribution >= 4 is 35.1 Å². The fourth-order valence-electron chi connectivity index (χ4n) is 4.35. The number of unbranched alkanes of at least 4 members (excludes halogenated alkanes) is 13. The summed E-state index contributed by atoms with van der Waals surface area (Å²) in [4.78, 5) is 37.7. The van der Waals surface area contributed by atoms with Crippen LogP contribution in [-0.2, 0) is 14.3 Å². The second kappa shape index (κ2) is 18.0. The first-order valence-corrected chi connectivity index (χ1v) is 14.3. The van der Waals surface area contributed by atoms with E-state index in [4.69, 9.17) is 21.4 Å². The lowest BCUT2D eigenvalue weighted by Crippen LogP contribution is -2.34. The van der Waals surface area contributed by atoms with E-state index in [-0.39, 0.29) is 18.8 Å². The molecule has 2 amide bonds. The van der Waals surface area contributed by atoms with Gasteiger partial charge in [0.2, 0.25) is 0 Å². The van der Waals surface area contributed by atoms with Gasteiger partial charge in [0.15, 0.2) is 0 Å². The number of aliphatic hydroxyl groups excluding tert-OH is 1. The highest BCUT2D eigenvalue weighted by Gasteiger charge is 2.31. The van der Waals surface area contributed by atoms with Gasteiger partial charge in [-0.05, 0) is 24.6 Å². The highest BCUT2D eigenvalue weighted by molar-refractivity contribution is 6.33. The maximum atomic E-state index is 12.5. The molecule has 0 radical (unpaired) electrons. The van der Waals surface area contributed by atoms with E-state index in [1.807, 2.05) is 0 Å². The van der Waals surface area contributed by atoms with E-state index < -0.39 is 17.8 Å². The number of benzene rings is 1. The number of ether oxygens (including phenoxy) is 1. The van der Waals surface area contributed by atoms with Gasteiger partial charge in [-0.25, -0.2) is 4.79 Å². The van der Waals surface area contributed by atoms with E-state index in [1.54, 1.807) is 12.1 Å². The number of esters is 1. The van der Waals surface area contributed by atoms with Crippen molar-refractivity contribution in [1.29, 1.82) is 0 Å². The molecule has 0 fully saturated rings. The minimum absolute atomic E-state index is 0.0354. The van der Waals surface area contributed by atoms with E-state index in [9.17, 15) is 14.4 Å². The highest BCUT2D eigenvalue weighted by Crippen LogP contribution is 2.26. The first-order chi connectivity index (χ1) is 18.0. The Hall–Kier alpha value is -2.38. The number of hydrogen-bond acceptors (Lipinski definition) is 6.